The van der Waals surface area contributed by atoms with Crippen molar-refractivity contribution in [1.29, 1.82) is 0 Å². The Morgan fingerprint density at radius 1 is 1.57 bits per heavy atom. The lowest BCUT2D eigenvalue weighted by Crippen LogP contribution is -2.26. The zero-order valence-corrected chi connectivity index (χ0v) is 8.79. The summed E-state index contributed by atoms with van der Waals surface area (Å²) in [6, 6.07) is 4.20. The van der Waals surface area contributed by atoms with Gasteiger partial charge >= 0.3 is 0 Å². The minimum atomic E-state index is 0.843. The molecule has 0 saturated carbocycles. The Hall–Kier alpha value is -0.800. The number of hydrogen-bond donors (Lipinski definition) is 2. The lowest BCUT2D eigenvalue weighted by molar-refractivity contribution is 0.276. The van der Waals surface area contributed by atoms with E-state index >= 15 is 0 Å². The van der Waals surface area contributed by atoms with E-state index in [1.165, 1.54) is 31.7 Å². The van der Waals surface area contributed by atoms with E-state index in [0.717, 1.165) is 12.5 Å². The van der Waals surface area contributed by atoms with Gasteiger partial charge in [-0.2, -0.15) is 0 Å². The molecule has 1 aromatic heterocycles. The quantitative estimate of drug-likeness (QED) is 0.749. The monoisotopic (exact) mass is 193 g/mol. The molecule has 1 unspecified atom stereocenters. The van der Waals surface area contributed by atoms with Gasteiger partial charge in [-0.25, -0.2) is 0 Å². The number of nitrogens with zero attached hydrogens (tertiary/aromatic N) is 1. The van der Waals surface area contributed by atoms with Crippen LogP contribution in [0, 0.1) is 5.92 Å². The van der Waals surface area contributed by atoms with Crippen LogP contribution in [0.25, 0.3) is 0 Å². The highest BCUT2D eigenvalue weighted by molar-refractivity contribution is 5.03. The van der Waals surface area contributed by atoms with E-state index in [0.29, 0.717) is 0 Å². The number of nitrogens with one attached hydrogen (secondary N) is 2. The molecule has 78 valence electrons. The zero-order chi connectivity index (χ0) is 9.80. The van der Waals surface area contributed by atoms with Gasteiger partial charge in [-0.3, -0.25) is 0 Å². The van der Waals surface area contributed by atoms with Gasteiger partial charge in [0.15, 0.2) is 0 Å². The summed E-state index contributed by atoms with van der Waals surface area (Å²) in [4.78, 5) is 5.63. The van der Waals surface area contributed by atoms with Crippen LogP contribution in [0.4, 0.5) is 0 Å². The molecule has 2 rings (SSSR count). The van der Waals surface area contributed by atoms with Crippen molar-refractivity contribution in [2.75, 3.05) is 26.7 Å². The van der Waals surface area contributed by atoms with E-state index < -0.39 is 0 Å². The Balaban J connectivity index is 1.75. The van der Waals surface area contributed by atoms with Gasteiger partial charge in [-0.15, -0.1) is 0 Å². The number of aromatic amines is 1. The van der Waals surface area contributed by atoms with Crippen molar-refractivity contribution in [2.45, 2.75) is 13.0 Å². The fourth-order valence-electron chi connectivity index (χ4n) is 2.13. The van der Waals surface area contributed by atoms with E-state index in [4.69, 9.17) is 0 Å². The van der Waals surface area contributed by atoms with Gasteiger partial charge in [0.25, 0.3) is 0 Å². The summed E-state index contributed by atoms with van der Waals surface area (Å²) >= 11 is 0. The average Bonchev–Trinajstić information content (AvgIpc) is 2.76. The molecule has 1 saturated heterocycles. The van der Waals surface area contributed by atoms with Crippen molar-refractivity contribution < 1.29 is 0 Å². The number of rotatable bonds is 4. The number of H-pyrrole nitrogens is 1. The number of hydrogen-bond acceptors (Lipinski definition) is 2. The van der Waals surface area contributed by atoms with Crippen LogP contribution in [-0.4, -0.2) is 36.6 Å². The summed E-state index contributed by atoms with van der Waals surface area (Å²) in [6.07, 6.45) is 3.31. The second-order valence-corrected chi connectivity index (χ2v) is 4.25. The van der Waals surface area contributed by atoms with Gasteiger partial charge in [-0.1, -0.05) is 0 Å². The van der Waals surface area contributed by atoms with Crippen LogP contribution >= 0.6 is 0 Å². The zero-order valence-electron chi connectivity index (χ0n) is 8.79. The molecule has 2 heterocycles. The molecule has 0 aromatic carbocycles. The number of aromatic nitrogens is 1. The lowest BCUT2D eigenvalue weighted by atomic mass is 10.1. The third-order valence-corrected chi connectivity index (χ3v) is 2.83. The van der Waals surface area contributed by atoms with Crippen LogP contribution in [0.1, 0.15) is 12.1 Å². The van der Waals surface area contributed by atoms with Crippen molar-refractivity contribution in [3.63, 3.8) is 0 Å². The first-order valence-electron chi connectivity index (χ1n) is 5.36. The highest BCUT2D eigenvalue weighted by Gasteiger charge is 2.16. The molecular formula is C11H19N3. The van der Waals surface area contributed by atoms with Gasteiger partial charge in [0.1, 0.15) is 0 Å². The summed E-state index contributed by atoms with van der Waals surface area (Å²) in [5, 5.41) is 3.40. The summed E-state index contributed by atoms with van der Waals surface area (Å²) in [7, 11) is 2.19. The van der Waals surface area contributed by atoms with Crippen LogP contribution in [0.3, 0.4) is 0 Å². The van der Waals surface area contributed by atoms with E-state index in [9.17, 15) is 0 Å². The van der Waals surface area contributed by atoms with Crippen molar-refractivity contribution in [2.24, 2.45) is 5.92 Å². The molecule has 0 radical (unpaired) electrons. The van der Waals surface area contributed by atoms with E-state index in [1.807, 2.05) is 6.20 Å². The van der Waals surface area contributed by atoms with Crippen LogP contribution in [-0.2, 0) is 6.54 Å². The molecule has 1 fully saturated rings. The van der Waals surface area contributed by atoms with Crippen molar-refractivity contribution in [3.05, 3.63) is 24.0 Å². The van der Waals surface area contributed by atoms with Crippen LogP contribution in [0.15, 0.2) is 18.3 Å². The lowest BCUT2D eigenvalue weighted by Gasteiger charge is -2.19. The third-order valence-electron chi connectivity index (χ3n) is 2.83. The molecular weight excluding hydrogens is 174 g/mol. The Morgan fingerprint density at radius 3 is 3.14 bits per heavy atom. The molecule has 1 aliphatic heterocycles. The Labute approximate surface area is 85.5 Å². The minimum absolute atomic E-state index is 0.843. The predicted molar refractivity (Wildman–Crippen MR) is 58.1 cm³/mol. The molecule has 2 N–H and O–H groups in total. The molecule has 0 spiro atoms. The van der Waals surface area contributed by atoms with Crippen LogP contribution < -0.4 is 5.32 Å². The van der Waals surface area contributed by atoms with Crippen LogP contribution in [0.2, 0.25) is 0 Å². The summed E-state index contributed by atoms with van der Waals surface area (Å²) in [5.74, 6) is 0.843. The predicted octanol–water partition coefficient (Wildman–Crippen LogP) is 1.06. The highest BCUT2D eigenvalue weighted by atomic mass is 15.1. The second-order valence-electron chi connectivity index (χ2n) is 4.25. The first kappa shape index (κ1) is 9.74. The Morgan fingerprint density at radius 2 is 2.50 bits per heavy atom. The molecule has 1 aliphatic rings. The molecule has 1 atom stereocenters. The molecule has 3 nitrogen and oxygen atoms in total. The maximum Gasteiger partial charge on any atom is 0.0382 e. The van der Waals surface area contributed by atoms with Gasteiger partial charge in [0.05, 0.1) is 0 Å². The molecule has 3 heteroatoms. The van der Waals surface area contributed by atoms with Crippen molar-refractivity contribution in [1.82, 2.24) is 15.2 Å². The Bertz CT molecular complexity index is 250. The maximum atomic E-state index is 3.40. The SMILES string of the molecule is CN(Cc1ccc[nH]1)CC1CCNC1. The van der Waals surface area contributed by atoms with Gasteiger partial charge in [0, 0.05) is 25.0 Å². The fraction of sp³-hybridized carbons (Fsp3) is 0.636. The first-order chi connectivity index (χ1) is 6.84. The normalized spacial score (nSPS) is 22.0. The second kappa shape index (κ2) is 4.62. The van der Waals surface area contributed by atoms with Crippen LogP contribution in [0.5, 0.6) is 0 Å². The third kappa shape index (κ3) is 2.59. The minimum Gasteiger partial charge on any atom is -0.364 e. The average molecular weight is 193 g/mol. The topological polar surface area (TPSA) is 31.1 Å². The van der Waals surface area contributed by atoms with Gasteiger partial charge < -0.3 is 15.2 Å². The standard InChI is InChI=1S/C11H19N3/c1-14(8-10-4-6-12-7-10)9-11-3-2-5-13-11/h2-3,5,10,12-13H,4,6-9H2,1H3. The summed E-state index contributed by atoms with van der Waals surface area (Å²) in [6.45, 7) is 4.62. The summed E-state index contributed by atoms with van der Waals surface area (Å²) in [5.41, 5.74) is 1.30. The van der Waals surface area contributed by atoms with E-state index in [1.54, 1.807) is 0 Å². The molecule has 14 heavy (non-hydrogen) atoms. The molecule has 0 bridgehead atoms. The molecule has 1 aromatic rings. The van der Waals surface area contributed by atoms with Crippen molar-refractivity contribution >= 4 is 0 Å². The maximum absolute atomic E-state index is 3.40. The Kier molecular flexibility index (Phi) is 3.22. The molecule has 0 aliphatic carbocycles. The summed E-state index contributed by atoms with van der Waals surface area (Å²) < 4.78 is 0. The first-order valence-corrected chi connectivity index (χ1v) is 5.36. The molecule has 0 amide bonds. The highest BCUT2D eigenvalue weighted by Crippen LogP contribution is 2.10. The smallest absolute Gasteiger partial charge is 0.0382 e. The van der Waals surface area contributed by atoms with Crippen molar-refractivity contribution in [3.8, 4) is 0 Å². The largest absolute Gasteiger partial charge is 0.364 e. The fourth-order valence-corrected chi connectivity index (χ4v) is 2.13. The van der Waals surface area contributed by atoms with E-state index in [-0.39, 0.29) is 0 Å². The van der Waals surface area contributed by atoms with Gasteiger partial charge in [-0.05, 0) is 44.6 Å². The van der Waals surface area contributed by atoms with E-state index in [2.05, 4.69) is 34.4 Å². The van der Waals surface area contributed by atoms with Gasteiger partial charge in [0.2, 0.25) is 0 Å².